The van der Waals surface area contributed by atoms with Crippen LogP contribution in [0, 0.1) is 10.5 Å². The maximum Gasteiger partial charge on any atom is 0.343 e. The molecule has 0 saturated carbocycles. The van der Waals surface area contributed by atoms with Gasteiger partial charge in [0.25, 0.3) is 0 Å². The van der Waals surface area contributed by atoms with E-state index in [1.807, 2.05) is 67.6 Å². The Morgan fingerprint density at radius 2 is 1.71 bits per heavy atom. The van der Waals surface area contributed by atoms with Crippen LogP contribution in [0.2, 0.25) is 0 Å². The van der Waals surface area contributed by atoms with Gasteiger partial charge in [-0.05, 0) is 86.4 Å². The zero-order valence-corrected chi connectivity index (χ0v) is 16.7. The number of hydrogen-bond acceptors (Lipinski definition) is 2. The van der Waals surface area contributed by atoms with Gasteiger partial charge in [-0.1, -0.05) is 42.5 Å². The quantitative estimate of drug-likeness (QED) is 0.245. The van der Waals surface area contributed by atoms with Gasteiger partial charge in [0.15, 0.2) is 0 Å². The average Bonchev–Trinajstić information content (AvgIpc) is 2.59. The zero-order chi connectivity index (χ0) is 17.1. The fourth-order valence-electron chi connectivity index (χ4n) is 2.27. The molecule has 0 atom stereocenters. The summed E-state index contributed by atoms with van der Waals surface area (Å²) in [5, 5.41) is 0. The highest BCUT2D eigenvalue weighted by atomic mass is 127. The molecule has 24 heavy (non-hydrogen) atoms. The monoisotopic (exact) mass is 492 g/mol. The lowest BCUT2D eigenvalue weighted by Gasteiger charge is -2.09. The van der Waals surface area contributed by atoms with Crippen molar-refractivity contribution >= 4 is 44.5 Å². The van der Waals surface area contributed by atoms with Crippen molar-refractivity contribution in [3.63, 3.8) is 0 Å². The van der Waals surface area contributed by atoms with Gasteiger partial charge in [-0.3, -0.25) is 0 Å². The van der Waals surface area contributed by atoms with E-state index in [1.54, 1.807) is 6.07 Å². The van der Waals surface area contributed by atoms with Gasteiger partial charge in [-0.2, -0.15) is 0 Å². The maximum absolute atomic E-state index is 12.3. The molecule has 0 heterocycles. The molecule has 120 valence electrons. The van der Waals surface area contributed by atoms with Crippen LogP contribution in [0.25, 0.3) is 11.1 Å². The number of carbonyl (C=O) groups is 1. The van der Waals surface area contributed by atoms with Crippen molar-refractivity contribution in [3.05, 3.63) is 85.9 Å². The van der Waals surface area contributed by atoms with Crippen LogP contribution in [0.5, 0.6) is 5.75 Å². The Hall–Kier alpha value is -1.66. The van der Waals surface area contributed by atoms with Gasteiger partial charge in [-0.15, -0.1) is 0 Å². The third-order valence-corrected chi connectivity index (χ3v) is 5.43. The zero-order valence-electron chi connectivity index (χ0n) is 12.9. The molecule has 4 heteroatoms. The minimum Gasteiger partial charge on any atom is -0.422 e. The van der Waals surface area contributed by atoms with Crippen molar-refractivity contribution in [2.75, 3.05) is 0 Å². The van der Waals surface area contributed by atoms with Crippen molar-refractivity contribution in [1.82, 2.24) is 0 Å². The van der Waals surface area contributed by atoms with Crippen LogP contribution in [0.15, 0.2) is 71.2 Å². The van der Waals surface area contributed by atoms with Crippen LogP contribution in [0.4, 0.5) is 0 Å². The first kappa shape index (κ1) is 17.2. The van der Waals surface area contributed by atoms with Crippen molar-refractivity contribution < 1.29 is 9.53 Å². The number of carbonyl (C=O) groups excluding carboxylic acids is 1. The molecular weight excluding hydrogens is 479 g/mol. The number of aryl methyl sites for hydroxylation is 1. The Morgan fingerprint density at radius 3 is 2.38 bits per heavy atom. The summed E-state index contributed by atoms with van der Waals surface area (Å²) in [7, 11) is 0. The van der Waals surface area contributed by atoms with Gasteiger partial charge in [0, 0.05) is 3.57 Å². The van der Waals surface area contributed by atoms with E-state index in [0.29, 0.717) is 11.3 Å². The second-order valence-electron chi connectivity index (χ2n) is 5.36. The molecule has 2 nitrogen and oxygen atoms in total. The summed E-state index contributed by atoms with van der Waals surface area (Å²) in [5.41, 5.74) is 3.86. The summed E-state index contributed by atoms with van der Waals surface area (Å²) in [6.07, 6.45) is 0. The Balaban J connectivity index is 1.82. The summed E-state index contributed by atoms with van der Waals surface area (Å²) in [6.45, 7) is 2.01. The molecule has 0 saturated heterocycles. The van der Waals surface area contributed by atoms with Crippen molar-refractivity contribution in [2.45, 2.75) is 6.92 Å². The van der Waals surface area contributed by atoms with Crippen molar-refractivity contribution in [1.29, 1.82) is 0 Å². The Morgan fingerprint density at radius 1 is 0.958 bits per heavy atom. The van der Waals surface area contributed by atoms with E-state index in [-0.39, 0.29) is 5.97 Å². The number of benzene rings is 3. The summed E-state index contributed by atoms with van der Waals surface area (Å²) in [4.78, 5) is 12.3. The predicted octanol–water partition coefficient (Wildman–Crippen LogP) is 6.25. The lowest BCUT2D eigenvalue weighted by atomic mass is 10.1. The fraction of sp³-hybridized carbons (Fsp3) is 0.0500. The van der Waals surface area contributed by atoms with Crippen LogP contribution in [-0.4, -0.2) is 5.97 Å². The summed E-state index contributed by atoms with van der Waals surface area (Å²) in [6, 6.07) is 21.3. The maximum atomic E-state index is 12.3. The molecule has 0 fully saturated rings. The molecule has 3 rings (SSSR count). The molecule has 0 amide bonds. The van der Waals surface area contributed by atoms with Crippen molar-refractivity contribution in [3.8, 4) is 16.9 Å². The minimum atomic E-state index is -0.360. The first-order valence-electron chi connectivity index (χ1n) is 7.38. The van der Waals surface area contributed by atoms with Gasteiger partial charge in [0.1, 0.15) is 5.75 Å². The van der Waals surface area contributed by atoms with Crippen LogP contribution in [-0.2, 0) is 0 Å². The highest BCUT2D eigenvalue weighted by molar-refractivity contribution is 14.1. The largest absolute Gasteiger partial charge is 0.422 e. The number of esters is 1. The molecule has 3 aromatic carbocycles. The fourth-order valence-corrected chi connectivity index (χ4v) is 3.25. The van der Waals surface area contributed by atoms with Crippen LogP contribution in [0.1, 0.15) is 15.9 Å². The Kier molecular flexibility index (Phi) is 5.36. The number of rotatable bonds is 3. The molecule has 0 N–H and O–H groups in total. The van der Waals surface area contributed by atoms with E-state index in [4.69, 9.17) is 4.74 Å². The van der Waals surface area contributed by atoms with Gasteiger partial charge >= 0.3 is 5.97 Å². The third kappa shape index (κ3) is 3.87. The first-order valence-corrected chi connectivity index (χ1v) is 9.25. The number of hydrogen-bond donors (Lipinski definition) is 0. The molecule has 0 radical (unpaired) electrons. The van der Waals surface area contributed by atoms with E-state index in [0.717, 1.165) is 24.7 Å². The molecule has 0 aliphatic heterocycles. The molecule has 0 aliphatic carbocycles. The molecule has 0 aromatic heterocycles. The second kappa shape index (κ2) is 7.49. The topological polar surface area (TPSA) is 26.3 Å². The Bertz CT molecular complexity index is 891. The van der Waals surface area contributed by atoms with E-state index in [1.165, 1.54) is 0 Å². The molecule has 0 aliphatic rings. The van der Waals surface area contributed by atoms with Gasteiger partial charge in [0.2, 0.25) is 0 Å². The summed E-state index contributed by atoms with van der Waals surface area (Å²) in [5.74, 6) is 0.149. The molecule has 0 unspecified atom stereocenters. The van der Waals surface area contributed by atoms with E-state index < -0.39 is 0 Å². The molecule has 0 bridgehead atoms. The minimum absolute atomic E-state index is 0.360. The number of halogens is 2. The van der Waals surface area contributed by atoms with Gasteiger partial charge in [0.05, 0.1) is 10.0 Å². The normalized spacial score (nSPS) is 10.5. The highest BCUT2D eigenvalue weighted by Gasteiger charge is 2.12. The third-order valence-electron chi connectivity index (χ3n) is 3.65. The molecule has 3 aromatic rings. The smallest absolute Gasteiger partial charge is 0.343 e. The first-order chi connectivity index (χ1) is 11.5. The summed E-state index contributed by atoms with van der Waals surface area (Å²) < 4.78 is 7.32. The van der Waals surface area contributed by atoms with E-state index in [2.05, 4.69) is 38.5 Å². The van der Waals surface area contributed by atoms with Crippen molar-refractivity contribution in [2.24, 2.45) is 0 Å². The average molecular weight is 493 g/mol. The standard InChI is InChI=1S/C20H14BrIO2/c1-13-7-8-16(12-18(13)22)20(23)24-19-10-9-15(11-17(19)21)14-5-3-2-4-6-14/h2-12H,1H3. The highest BCUT2D eigenvalue weighted by Crippen LogP contribution is 2.31. The predicted molar refractivity (Wildman–Crippen MR) is 108 cm³/mol. The number of ether oxygens (including phenoxy) is 1. The van der Waals surface area contributed by atoms with E-state index >= 15 is 0 Å². The summed E-state index contributed by atoms with van der Waals surface area (Å²) >= 11 is 5.71. The molecular formula is C20H14BrIO2. The van der Waals surface area contributed by atoms with Crippen LogP contribution < -0.4 is 4.74 Å². The lowest BCUT2D eigenvalue weighted by molar-refractivity contribution is 0.0733. The van der Waals surface area contributed by atoms with E-state index in [9.17, 15) is 4.79 Å². The SMILES string of the molecule is Cc1ccc(C(=O)Oc2ccc(-c3ccccc3)cc2Br)cc1I. The molecule has 0 spiro atoms. The van der Waals surface area contributed by atoms with Crippen LogP contribution in [0.3, 0.4) is 0 Å². The van der Waals surface area contributed by atoms with Gasteiger partial charge < -0.3 is 4.74 Å². The lowest BCUT2D eigenvalue weighted by Crippen LogP contribution is -2.09. The Labute approximate surface area is 163 Å². The van der Waals surface area contributed by atoms with Crippen LogP contribution >= 0.6 is 38.5 Å². The van der Waals surface area contributed by atoms with Gasteiger partial charge in [-0.25, -0.2) is 4.79 Å². The second-order valence-corrected chi connectivity index (χ2v) is 7.38.